The Morgan fingerprint density at radius 1 is 0.941 bits per heavy atom. The highest BCUT2D eigenvalue weighted by molar-refractivity contribution is 5.94. The van der Waals surface area contributed by atoms with E-state index in [-0.39, 0.29) is 41.6 Å². The third-order valence-corrected chi connectivity index (χ3v) is 4.31. The number of hydrogen-bond acceptors (Lipinski definition) is 8. The number of amides is 2. The van der Waals surface area contributed by atoms with E-state index in [0.29, 0.717) is 22.6 Å². The minimum absolute atomic E-state index is 0.0217. The molecule has 0 saturated heterocycles. The van der Waals surface area contributed by atoms with Crippen LogP contribution in [-0.4, -0.2) is 34.8 Å². The largest absolute Gasteiger partial charge is 0.455 e. The van der Waals surface area contributed by atoms with E-state index in [1.54, 1.807) is 30.3 Å². The molecule has 0 radical (unpaired) electrons. The van der Waals surface area contributed by atoms with Crippen molar-refractivity contribution in [2.24, 2.45) is 4.99 Å². The lowest BCUT2D eigenvalue weighted by molar-refractivity contribution is -0.115. The second-order valence-electron chi connectivity index (χ2n) is 7.25. The number of carbonyl (C=O) groups excluding carboxylic acids is 4. The number of aromatic nitrogens is 1. The lowest BCUT2D eigenvalue weighted by Gasteiger charge is -2.09. The van der Waals surface area contributed by atoms with Gasteiger partial charge in [-0.1, -0.05) is 0 Å². The number of rotatable bonds is 8. The summed E-state index contributed by atoms with van der Waals surface area (Å²) in [6.45, 7) is 3.99. The third-order valence-electron chi connectivity index (χ3n) is 4.31. The standard InChI is InChI=1S/C24H22N4O6/c1-14(29)18-4-6-19(7-5-18)25-12-20-8-9-21(34-20)24(32)33-13-17-10-22(26-15(2)30)28-23(11-17)27-16(3)31/h4-12H,13H2,1-3H3,(H2,26,27,28,30,31). The Labute approximate surface area is 195 Å². The molecule has 2 aromatic heterocycles. The molecular formula is C24H22N4O6. The molecule has 34 heavy (non-hydrogen) atoms. The number of ether oxygens (including phenoxy) is 1. The van der Waals surface area contributed by atoms with E-state index < -0.39 is 5.97 Å². The Kier molecular flexibility index (Phi) is 7.65. The van der Waals surface area contributed by atoms with Crippen molar-refractivity contribution in [1.82, 2.24) is 4.98 Å². The van der Waals surface area contributed by atoms with Crippen LogP contribution in [0.25, 0.3) is 0 Å². The summed E-state index contributed by atoms with van der Waals surface area (Å²) in [6.07, 6.45) is 1.45. The van der Waals surface area contributed by atoms with Gasteiger partial charge in [0.05, 0.1) is 11.9 Å². The van der Waals surface area contributed by atoms with E-state index in [9.17, 15) is 19.2 Å². The van der Waals surface area contributed by atoms with Gasteiger partial charge in [0, 0.05) is 19.4 Å². The molecule has 2 N–H and O–H groups in total. The number of Topliss-reactive ketones (excluding diaryl/α,β-unsaturated/α-hetero) is 1. The number of hydrogen-bond donors (Lipinski definition) is 2. The Hall–Kier alpha value is -4.60. The third kappa shape index (κ3) is 6.95. The molecule has 0 atom stereocenters. The molecule has 10 nitrogen and oxygen atoms in total. The molecule has 0 fully saturated rings. The average Bonchev–Trinajstić information content (AvgIpc) is 3.24. The van der Waals surface area contributed by atoms with Crippen molar-refractivity contribution in [3.63, 3.8) is 0 Å². The summed E-state index contributed by atoms with van der Waals surface area (Å²) < 4.78 is 10.7. The van der Waals surface area contributed by atoms with Crippen molar-refractivity contribution in [2.45, 2.75) is 27.4 Å². The van der Waals surface area contributed by atoms with E-state index in [1.807, 2.05) is 0 Å². The quantitative estimate of drug-likeness (QED) is 0.294. The first-order valence-electron chi connectivity index (χ1n) is 10.2. The molecule has 3 aromatic rings. The van der Waals surface area contributed by atoms with Crippen molar-refractivity contribution in [3.05, 3.63) is 71.2 Å². The minimum atomic E-state index is -0.704. The van der Waals surface area contributed by atoms with Gasteiger partial charge in [0.1, 0.15) is 24.0 Å². The number of aliphatic imine (C=N–C) groups is 1. The van der Waals surface area contributed by atoms with Crippen molar-refractivity contribution in [2.75, 3.05) is 10.6 Å². The molecule has 2 amide bonds. The van der Waals surface area contributed by atoms with E-state index in [4.69, 9.17) is 9.15 Å². The minimum Gasteiger partial charge on any atom is -0.455 e. The SMILES string of the molecule is CC(=O)Nc1cc(COC(=O)c2ccc(C=Nc3ccc(C(C)=O)cc3)o2)cc(NC(C)=O)n1. The molecular weight excluding hydrogens is 440 g/mol. The van der Waals surface area contributed by atoms with Crippen molar-refractivity contribution in [3.8, 4) is 0 Å². The molecule has 1 aromatic carbocycles. The molecule has 0 aliphatic rings. The van der Waals surface area contributed by atoms with Gasteiger partial charge in [0.15, 0.2) is 5.78 Å². The van der Waals surface area contributed by atoms with Gasteiger partial charge in [0.2, 0.25) is 17.6 Å². The van der Waals surface area contributed by atoms with Crippen LogP contribution < -0.4 is 10.6 Å². The van der Waals surface area contributed by atoms with Gasteiger partial charge in [-0.3, -0.25) is 19.4 Å². The van der Waals surface area contributed by atoms with E-state index in [2.05, 4.69) is 20.6 Å². The summed E-state index contributed by atoms with van der Waals surface area (Å²) in [6, 6.07) is 12.8. The normalized spacial score (nSPS) is 10.7. The summed E-state index contributed by atoms with van der Waals surface area (Å²) in [5.41, 5.74) is 1.70. The maximum Gasteiger partial charge on any atom is 0.374 e. The number of furan rings is 1. The molecule has 0 saturated carbocycles. The van der Waals surface area contributed by atoms with E-state index >= 15 is 0 Å². The van der Waals surface area contributed by atoms with Crippen LogP contribution in [0.15, 0.2) is 57.9 Å². The van der Waals surface area contributed by atoms with Gasteiger partial charge >= 0.3 is 5.97 Å². The zero-order valence-electron chi connectivity index (χ0n) is 18.7. The van der Waals surface area contributed by atoms with E-state index in [1.165, 1.54) is 45.2 Å². The molecule has 0 bridgehead atoms. The summed E-state index contributed by atoms with van der Waals surface area (Å²) >= 11 is 0. The molecule has 0 aliphatic heterocycles. The fourth-order valence-corrected chi connectivity index (χ4v) is 2.83. The number of carbonyl (C=O) groups is 4. The molecule has 2 heterocycles. The topological polar surface area (TPSA) is 140 Å². The van der Waals surface area contributed by atoms with Crippen LogP contribution in [0, 0.1) is 0 Å². The van der Waals surface area contributed by atoms with Crippen LogP contribution in [0.4, 0.5) is 17.3 Å². The highest BCUT2D eigenvalue weighted by Crippen LogP contribution is 2.18. The number of anilines is 2. The lowest BCUT2D eigenvalue weighted by atomic mass is 10.1. The second-order valence-corrected chi connectivity index (χ2v) is 7.25. The molecule has 3 rings (SSSR count). The van der Waals surface area contributed by atoms with Gasteiger partial charge in [-0.2, -0.15) is 0 Å². The molecule has 0 unspecified atom stereocenters. The molecule has 10 heteroatoms. The van der Waals surface area contributed by atoms with Gasteiger partial charge < -0.3 is 19.8 Å². The van der Waals surface area contributed by atoms with Crippen LogP contribution in [-0.2, 0) is 20.9 Å². The van der Waals surface area contributed by atoms with Crippen LogP contribution in [0.2, 0.25) is 0 Å². The fourth-order valence-electron chi connectivity index (χ4n) is 2.83. The number of pyridine rings is 1. The maximum absolute atomic E-state index is 12.4. The van der Waals surface area contributed by atoms with Crippen LogP contribution in [0.1, 0.15) is 53.0 Å². The predicted molar refractivity (Wildman–Crippen MR) is 124 cm³/mol. The lowest BCUT2D eigenvalue weighted by Crippen LogP contribution is -2.13. The Balaban J connectivity index is 1.64. The Morgan fingerprint density at radius 3 is 2.12 bits per heavy atom. The maximum atomic E-state index is 12.4. The van der Waals surface area contributed by atoms with Crippen molar-refractivity contribution in [1.29, 1.82) is 0 Å². The summed E-state index contributed by atoms with van der Waals surface area (Å²) in [7, 11) is 0. The number of esters is 1. The Bertz CT molecular complexity index is 1230. The smallest absolute Gasteiger partial charge is 0.374 e. The molecule has 0 aliphatic carbocycles. The second kappa shape index (κ2) is 10.8. The summed E-state index contributed by atoms with van der Waals surface area (Å²) in [4.78, 5) is 54.7. The van der Waals surface area contributed by atoms with Crippen molar-refractivity contribution < 1.29 is 28.3 Å². The zero-order valence-corrected chi connectivity index (χ0v) is 18.7. The highest BCUT2D eigenvalue weighted by atomic mass is 16.5. The predicted octanol–water partition coefficient (Wildman–Crippen LogP) is 3.90. The van der Waals surface area contributed by atoms with Gasteiger partial charge in [0.25, 0.3) is 0 Å². The van der Waals surface area contributed by atoms with E-state index in [0.717, 1.165) is 0 Å². The number of nitrogens with zero attached hydrogens (tertiary/aromatic N) is 2. The number of benzene rings is 1. The first kappa shape index (κ1) is 24.1. The van der Waals surface area contributed by atoms with Crippen LogP contribution in [0.3, 0.4) is 0 Å². The van der Waals surface area contributed by atoms with Gasteiger partial charge in [-0.25, -0.2) is 9.78 Å². The molecule has 174 valence electrons. The number of nitrogens with one attached hydrogen (secondary N) is 2. The van der Waals surface area contributed by atoms with Crippen LogP contribution >= 0.6 is 0 Å². The zero-order chi connectivity index (χ0) is 24.7. The monoisotopic (exact) mass is 462 g/mol. The Morgan fingerprint density at radius 2 is 1.56 bits per heavy atom. The molecule has 0 spiro atoms. The first-order valence-corrected chi connectivity index (χ1v) is 10.2. The highest BCUT2D eigenvalue weighted by Gasteiger charge is 2.14. The first-order chi connectivity index (χ1) is 16.2. The van der Waals surface area contributed by atoms with Crippen molar-refractivity contribution >= 4 is 47.1 Å². The fraction of sp³-hybridized carbons (Fsp3) is 0.167. The van der Waals surface area contributed by atoms with Gasteiger partial charge in [-0.05, 0) is 61.0 Å². The summed E-state index contributed by atoms with van der Waals surface area (Å²) in [5.74, 6) is -0.683. The van der Waals surface area contributed by atoms with Crippen LogP contribution in [0.5, 0.6) is 0 Å². The number of ketones is 1. The summed E-state index contributed by atoms with van der Waals surface area (Å²) in [5, 5.41) is 5.05. The average molecular weight is 462 g/mol. The van der Waals surface area contributed by atoms with Gasteiger partial charge in [-0.15, -0.1) is 0 Å².